The first-order chi connectivity index (χ1) is 17.5. The molecule has 2 unspecified atom stereocenters. The third kappa shape index (κ3) is 7.41. The molecule has 3 aromatic carbocycles. The van der Waals surface area contributed by atoms with Crippen LogP contribution in [0.15, 0.2) is 71.7 Å². The molecule has 36 heavy (non-hydrogen) atoms. The van der Waals surface area contributed by atoms with Crippen LogP contribution < -0.4 is 20.9 Å². The van der Waals surface area contributed by atoms with Crippen LogP contribution in [-0.4, -0.2) is 25.2 Å². The van der Waals surface area contributed by atoms with E-state index in [-0.39, 0.29) is 12.1 Å². The number of benzene rings is 3. The van der Waals surface area contributed by atoms with Crippen LogP contribution in [0.4, 0.5) is 0 Å². The molecule has 0 aliphatic carbocycles. The smallest absolute Gasteiger partial charge is 0.185 e. The van der Waals surface area contributed by atoms with Gasteiger partial charge in [0.15, 0.2) is 5.96 Å². The zero-order chi connectivity index (χ0) is 25.3. The molecule has 1 heterocycles. The van der Waals surface area contributed by atoms with E-state index >= 15 is 0 Å². The van der Waals surface area contributed by atoms with Gasteiger partial charge in [-0.2, -0.15) is 0 Å². The van der Waals surface area contributed by atoms with Gasteiger partial charge in [-0.3, -0.25) is 4.99 Å². The summed E-state index contributed by atoms with van der Waals surface area (Å²) >= 11 is 6.18. The number of rotatable bonds is 9. The lowest BCUT2D eigenvalue weighted by Gasteiger charge is -2.28. The lowest BCUT2D eigenvalue weighted by molar-refractivity contribution is 0.142. The normalized spacial score (nSPS) is 17.3. The number of fused-ring (bicyclic) bond motifs is 1. The van der Waals surface area contributed by atoms with Gasteiger partial charge in [0.25, 0.3) is 0 Å². The third-order valence-corrected chi connectivity index (χ3v) is 7.06. The van der Waals surface area contributed by atoms with Gasteiger partial charge in [-0.1, -0.05) is 48.0 Å². The predicted molar refractivity (Wildman–Crippen MR) is 148 cm³/mol. The molecule has 3 aromatic rings. The largest absolute Gasteiger partial charge is 0.493 e. The van der Waals surface area contributed by atoms with E-state index in [4.69, 9.17) is 32.5 Å². The van der Waals surface area contributed by atoms with E-state index in [0.717, 1.165) is 55.0 Å². The van der Waals surface area contributed by atoms with E-state index in [9.17, 15) is 0 Å². The number of hydrogen-bond acceptors (Lipinski definition) is 3. The molecule has 1 aliphatic rings. The van der Waals surface area contributed by atoms with Crippen molar-refractivity contribution in [3.8, 4) is 11.5 Å². The maximum Gasteiger partial charge on any atom is 0.185 e. The molecule has 0 spiro atoms. The van der Waals surface area contributed by atoms with Gasteiger partial charge in [-0.25, -0.2) is 0 Å². The van der Waals surface area contributed by atoms with Crippen molar-refractivity contribution in [1.82, 2.24) is 0 Å². The Morgan fingerprint density at radius 2 is 1.86 bits per heavy atom. The van der Waals surface area contributed by atoms with Crippen LogP contribution in [0.1, 0.15) is 53.9 Å². The first kappa shape index (κ1) is 25.9. The zero-order valence-corrected chi connectivity index (χ0v) is 21.7. The quantitative estimate of drug-likeness (QED) is 0.268. The first-order valence-electron chi connectivity index (χ1n) is 12.8. The summed E-state index contributed by atoms with van der Waals surface area (Å²) in [5, 5.41) is 0.793. The molecule has 5 nitrogen and oxygen atoms in total. The molecule has 0 fully saturated rings. The molecule has 0 saturated carbocycles. The number of hydrogen-bond donors (Lipinski definition) is 2. The zero-order valence-electron chi connectivity index (χ0n) is 21.0. The molecule has 190 valence electrons. The molecule has 0 aromatic heterocycles. The summed E-state index contributed by atoms with van der Waals surface area (Å²) in [6, 6.07) is 22.8. The van der Waals surface area contributed by atoms with E-state index in [1.165, 1.54) is 22.3 Å². The minimum Gasteiger partial charge on any atom is -0.493 e. The fourth-order valence-corrected chi connectivity index (χ4v) is 5.08. The van der Waals surface area contributed by atoms with E-state index in [1.54, 1.807) is 0 Å². The van der Waals surface area contributed by atoms with Gasteiger partial charge in [0.1, 0.15) is 17.6 Å². The second-order valence-electron chi connectivity index (χ2n) is 9.52. The van der Waals surface area contributed by atoms with Crippen LogP contribution in [0.2, 0.25) is 5.02 Å². The van der Waals surface area contributed by atoms with Gasteiger partial charge < -0.3 is 20.9 Å². The summed E-state index contributed by atoms with van der Waals surface area (Å²) in [6.45, 7) is 3.35. The Labute approximate surface area is 219 Å². The molecular weight excluding hydrogens is 470 g/mol. The average Bonchev–Trinajstić information content (AvgIpc) is 2.84. The number of nitrogens with zero attached hydrogens (tertiary/aromatic N) is 1. The van der Waals surface area contributed by atoms with Gasteiger partial charge in [-0.15, -0.1) is 0 Å². The number of ether oxygens (including phenoxy) is 2. The van der Waals surface area contributed by atoms with Crippen LogP contribution in [0, 0.1) is 6.92 Å². The number of para-hydroxylation sites is 1. The van der Waals surface area contributed by atoms with Crippen molar-refractivity contribution in [2.45, 2.75) is 57.5 Å². The van der Waals surface area contributed by atoms with E-state index in [0.29, 0.717) is 19.1 Å². The standard InChI is InChI=1S/C30H36ClN3O2/c1-21-19-25(31)12-11-23(21)20-24-5-4-6-27(36-29-8-3-2-7-28(24)29)16-18-35-26-13-9-22(10-14-26)15-17-34-30(32)33/h2-3,7-14,19,24,27H,4-6,15-18,20H2,1H3,(H4,32,33,34). The van der Waals surface area contributed by atoms with Crippen molar-refractivity contribution in [3.05, 3.63) is 94.0 Å². The van der Waals surface area contributed by atoms with Crippen molar-refractivity contribution in [2.24, 2.45) is 16.5 Å². The molecule has 0 amide bonds. The number of halogens is 1. The van der Waals surface area contributed by atoms with Gasteiger partial charge in [0, 0.05) is 18.0 Å². The van der Waals surface area contributed by atoms with Gasteiger partial charge in [0.2, 0.25) is 0 Å². The highest BCUT2D eigenvalue weighted by Gasteiger charge is 2.23. The number of nitrogens with two attached hydrogens (primary N) is 2. The SMILES string of the molecule is Cc1cc(Cl)ccc1CC1CCCC(CCOc2ccc(CCN=C(N)N)cc2)Oc2ccccc21. The summed E-state index contributed by atoms with van der Waals surface area (Å²) in [7, 11) is 0. The number of aliphatic imine (C=N–C) groups is 1. The second kappa shape index (κ2) is 12.7. The van der Waals surface area contributed by atoms with E-state index < -0.39 is 0 Å². The second-order valence-corrected chi connectivity index (χ2v) is 9.95. The summed E-state index contributed by atoms with van der Waals surface area (Å²) < 4.78 is 12.6. The minimum absolute atomic E-state index is 0.126. The van der Waals surface area contributed by atoms with Crippen LogP contribution >= 0.6 is 11.6 Å². The Hall–Kier alpha value is -3.18. The lowest BCUT2D eigenvalue weighted by Crippen LogP contribution is -2.23. The maximum absolute atomic E-state index is 6.54. The predicted octanol–water partition coefficient (Wildman–Crippen LogP) is 6.19. The molecule has 0 saturated heterocycles. The van der Waals surface area contributed by atoms with Crippen molar-refractivity contribution >= 4 is 17.6 Å². The van der Waals surface area contributed by atoms with Crippen molar-refractivity contribution in [2.75, 3.05) is 13.2 Å². The van der Waals surface area contributed by atoms with E-state index in [2.05, 4.69) is 60.4 Å². The van der Waals surface area contributed by atoms with Crippen molar-refractivity contribution in [1.29, 1.82) is 0 Å². The van der Waals surface area contributed by atoms with Crippen molar-refractivity contribution in [3.63, 3.8) is 0 Å². The summed E-state index contributed by atoms with van der Waals surface area (Å²) in [5.74, 6) is 2.43. The summed E-state index contributed by atoms with van der Waals surface area (Å²) in [6.07, 6.45) is 6.08. The summed E-state index contributed by atoms with van der Waals surface area (Å²) in [4.78, 5) is 4.03. The number of guanidine groups is 1. The average molecular weight is 506 g/mol. The first-order valence-corrected chi connectivity index (χ1v) is 13.1. The van der Waals surface area contributed by atoms with Gasteiger partial charge in [-0.05, 0) is 97.5 Å². The van der Waals surface area contributed by atoms with Crippen LogP contribution in [-0.2, 0) is 12.8 Å². The van der Waals surface area contributed by atoms with Crippen LogP contribution in [0.3, 0.4) is 0 Å². The Balaban J connectivity index is 1.33. The number of aryl methyl sites for hydroxylation is 1. The van der Waals surface area contributed by atoms with Crippen molar-refractivity contribution < 1.29 is 9.47 Å². The topological polar surface area (TPSA) is 82.9 Å². The highest BCUT2D eigenvalue weighted by atomic mass is 35.5. The molecule has 6 heteroatoms. The summed E-state index contributed by atoms with van der Waals surface area (Å²) in [5.41, 5.74) is 15.8. The third-order valence-electron chi connectivity index (χ3n) is 6.83. The Bertz CT molecular complexity index is 1160. The molecular formula is C30H36ClN3O2. The molecule has 4 rings (SSSR count). The molecule has 0 radical (unpaired) electrons. The van der Waals surface area contributed by atoms with Crippen LogP contribution in [0.5, 0.6) is 11.5 Å². The van der Waals surface area contributed by atoms with Crippen LogP contribution in [0.25, 0.3) is 0 Å². The maximum atomic E-state index is 6.54. The highest BCUT2D eigenvalue weighted by molar-refractivity contribution is 6.30. The molecule has 1 aliphatic heterocycles. The van der Waals surface area contributed by atoms with Gasteiger partial charge >= 0.3 is 0 Å². The molecule has 0 bridgehead atoms. The lowest BCUT2D eigenvalue weighted by atomic mass is 9.84. The minimum atomic E-state index is 0.126. The highest BCUT2D eigenvalue weighted by Crippen LogP contribution is 2.37. The molecule has 2 atom stereocenters. The fraction of sp³-hybridized carbons (Fsp3) is 0.367. The Morgan fingerprint density at radius 1 is 1.06 bits per heavy atom. The van der Waals surface area contributed by atoms with E-state index in [1.807, 2.05) is 18.2 Å². The fourth-order valence-electron chi connectivity index (χ4n) is 4.85. The Morgan fingerprint density at radius 3 is 2.64 bits per heavy atom. The van der Waals surface area contributed by atoms with Gasteiger partial charge in [0.05, 0.1) is 6.61 Å². The molecule has 4 N–H and O–H groups in total. The Kier molecular flexibility index (Phi) is 9.12. The monoisotopic (exact) mass is 505 g/mol.